The van der Waals surface area contributed by atoms with Gasteiger partial charge in [-0.15, -0.1) is 0 Å². The van der Waals surface area contributed by atoms with Crippen LogP contribution in [0.5, 0.6) is 0 Å². The molecular weight excluding hydrogens is 318 g/mol. The summed E-state index contributed by atoms with van der Waals surface area (Å²) in [6.45, 7) is 1.17. The molecule has 0 aromatic heterocycles. The van der Waals surface area contributed by atoms with Crippen molar-refractivity contribution in [1.29, 1.82) is 0 Å². The van der Waals surface area contributed by atoms with Gasteiger partial charge in [0.2, 0.25) is 15.9 Å². The van der Waals surface area contributed by atoms with Gasteiger partial charge in [-0.25, -0.2) is 8.42 Å². The quantitative estimate of drug-likeness (QED) is 0.796. The van der Waals surface area contributed by atoms with Crippen molar-refractivity contribution in [2.75, 3.05) is 32.1 Å². The van der Waals surface area contributed by atoms with Gasteiger partial charge in [0.25, 0.3) is 0 Å². The zero-order valence-electron chi connectivity index (χ0n) is 13.2. The molecule has 0 aliphatic carbocycles. The highest BCUT2D eigenvalue weighted by molar-refractivity contribution is 7.89. The highest BCUT2D eigenvalue weighted by Gasteiger charge is 2.26. The van der Waals surface area contributed by atoms with Gasteiger partial charge in [-0.1, -0.05) is 12.5 Å². The minimum Gasteiger partial charge on any atom is -0.383 e. The molecule has 128 valence electrons. The van der Waals surface area contributed by atoms with Crippen LogP contribution in [0.1, 0.15) is 19.3 Å². The molecular formula is C15H23N3O4S. The fraction of sp³-hybridized carbons (Fsp3) is 0.533. The molecule has 1 unspecified atom stereocenters. The van der Waals surface area contributed by atoms with Gasteiger partial charge < -0.3 is 15.8 Å². The van der Waals surface area contributed by atoms with E-state index in [1.54, 1.807) is 12.1 Å². The van der Waals surface area contributed by atoms with Crippen LogP contribution in [-0.2, 0) is 19.6 Å². The van der Waals surface area contributed by atoms with Crippen molar-refractivity contribution in [3.63, 3.8) is 0 Å². The van der Waals surface area contributed by atoms with Crippen LogP contribution in [0.15, 0.2) is 29.2 Å². The number of anilines is 1. The van der Waals surface area contributed by atoms with Crippen molar-refractivity contribution < 1.29 is 17.9 Å². The van der Waals surface area contributed by atoms with Gasteiger partial charge >= 0.3 is 0 Å². The zero-order valence-corrected chi connectivity index (χ0v) is 14.0. The molecule has 0 spiro atoms. The Labute approximate surface area is 136 Å². The lowest BCUT2D eigenvalue weighted by Gasteiger charge is -2.26. The third-order valence-corrected chi connectivity index (χ3v) is 5.63. The number of rotatable bonds is 6. The smallest absolute Gasteiger partial charge is 0.243 e. The van der Waals surface area contributed by atoms with Gasteiger partial charge in [-0.2, -0.15) is 4.31 Å². The maximum atomic E-state index is 12.6. The first kappa shape index (κ1) is 17.9. The highest BCUT2D eigenvalue weighted by atomic mass is 32.2. The molecule has 1 atom stereocenters. The van der Waals surface area contributed by atoms with E-state index in [9.17, 15) is 13.2 Å². The average molecular weight is 341 g/mol. The van der Waals surface area contributed by atoms with Crippen LogP contribution < -0.4 is 11.1 Å². The van der Waals surface area contributed by atoms with E-state index in [1.807, 2.05) is 0 Å². The van der Waals surface area contributed by atoms with E-state index in [-0.39, 0.29) is 11.5 Å². The first-order chi connectivity index (χ1) is 10.9. The van der Waals surface area contributed by atoms with Gasteiger partial charge in [-0.05, 0) is 31.0 Å². The second kappa shape index (κ2) is 7.87. The van der Waals surface area contributed by atoms with Crippen LogP contribution >= 0.6 is 0 Å². The summed E-state index contributed by atoms with van der Waals surface area (Å²) in [6.07, 6.45) is 2.81. The third-order valence-electron chi connectivity index (χ3n) is 3.74. The van der Waals surface area contributed by atoms with Crippen LogP contribution in [0, 0.1) is 0 Å². The Hall–Kier alpha value is -1.48. The summed E-state index contributed by atoms with van der Waals surface area (Å²) in [4.78, 5) is 12.1. The highest BCUT2D eigenvalue weighted by Crippen LogP contribution is 2.22. The van der Waals surface area contributed by atoms with E-state index >= 15 is 0 Å². The number of hydrogen-bond donors (Lipinski definition) is 2. The van der Waals surface area contributed by atoms with E-state index in [2.05, 4.69) is 5.32 Å². The predicted octanol–water partition coefficient (Wildman–Crippen LogP) is 0.773. The van der Waals surface area contributed by atoms with E-state index in [0.29, 0.717) is 18.8 Å². The summed E-state index contributed by atoms with van der Waals surface area (Å²) in [5.74, 6) is -0.417. The van der Waals surface area contributed by atoms with Gasteiger partial charge in [0.15, 0.2) is 0 Å². The Bertz CT molecular complexity index is 642. The molecule has 0 radical (unpaired) electrons. The minimum absolute atomic E-state index is 0.0948. The first-order valence-electron chi connectivity index (χ1n) is 7.61. The largest absolute Gasteiger partial charge is 0.383 e. The molecule has 0 bridgehead atoms. The molecule has 2 rings (SSSR count). The molecule has 1 fully saturated rings. The van der Waals surface area contributed by atoms with Crippen molar-refractivity contribution >= 4 is 21.6 Å². The van der Waals surface area contributed by atoms with Crippen molar-refractivity contribution in [2.24, 2.45) is 5.73 Å². The lowest BCUT2D eigenvalue weighted by molar-refractivity contribution is -0.118. The normalized spacial score (nSPS) is 17.7. The van der Waals surface area contributed by atoms with Gasteiger partial charge in [0.1, 0.15) is 6.04 Å². The molecule has 23 heavy (non-hydrogen) atoms. The SMILES string of the molecule is COCC(N)C(=O)Nc1cccc(S(=O)(=O)N2CCCCC2)c1. The van der Waals surface area contributed by atoms with Crippen LogP contribution in [0.4, 0.5) is 5.69 Å². The molecule has 0 saturated carbocycles. The summed E-state index contributed by atoms with van der Waals surface area (Å²) < 4.78 is 31.6. The Morgan fingerprint density at radius 3 is 2.70 bits per heavy atom. The maximum absolute atomic E-state index is 12.6. The molecule has 1 saturated heterocycles. The van der Waals surface area contributed by atoms with Crippen molar-refractivity contribution in [2.45, 2.75) is 30.2 Å². The summed E-state index contributed by atoms with van der Waals surface area (Å²) in [6, 6.07) is 5.43. The number of piperidine rings is 1. The number of ether oxygens (including phenoxy) is 1. The molecule has 1 aromatic rings. The first-order valence-corrected chi connectivity index (χ1v) is 9.05. The second-order valence-electron chi connectivity index (χ2n) is 5.54. The maximum Gasteiger partial charge on any atom is 0.243 e. The van der Waals surface area contributed by atoms with Crippen LogP contribution in [0.3, 0.4) is 0 Å². The fourth-order valence-corrected chi connectivity index (χ4v) is 4.04. The number of nitrogens with zero attached hydrogens (tertiary/aromatic N) is 1. The van der Waals surface area contributed by atoms with Crippen LogP contribution in [0.2, 0.25) is 0 Å². The molecule has 8 heteroatoms. The number of nitrogens with two attached hydrogens (primary N) is 1. The summed E-state index contributed by atoms with van der Waals surface area (Å²) in [5.41, 5.74) is 6.06. The Balaban J connectivity index is 2.14. The number of sulfonamides is 1. The average Bonchev–Trinajstić information content (AvgIpc) is 2.56. The molecule has 3 N–H and O–H groups in total. The molecule has 7 nitrogen and oxygen atoms in total. The summed E-state index contributed by atoms with van der Waals surface area (Å²) in [7, 11) is -2.07. The molecule has 1 aliphatic rings. The number of methoxy groups -OCH3 is 1. The second-order valence-corrected chi connectivity index (χ2v) is 7.48. The molecule has 1 aliphatic heterocycles. The lowest BCUT2D eigenvalue weighted by atomic mass is 10.2. The van der Waals surface area contributed by atoms with Crippen LogP contribution in [0.25, 0.3) is 0 Å². The van der Waals surface area contributed by atoms with Gasteiger partial charge in [-0.3, -0.25) is 4.79 Å². The van der Waals surface area contributed by atoms with Crippen molar-refractivity contribution in [3.8, 4) is 0 Å². The Morgan fingerprint density at radius 2 is 2.04 bits per heavy atom. The standard InChI is InChI=1S/C15H23N3O4S/c1-22-11-14(16)15(19)17-12-6-5-7-13(10-12)23(20,21)18-8-3-2-4-9-18/h5-7,10,14H,2-4,8-9,11,16H2,1H3,(H,17,19). The topological polar surface area (TPSA) is 102 Å². The van der Waals surface area contributed by atoms with E-state index < -0.39 is 22.0 Å². The lowest BCUT2D eigenvalue weighted by Crippen LogP contribution is -2.39. The number of amides is 1. The fourth-order valence-electron chi connectivity index (χ4n) is 2.48. The van der Waals surface area contributed by atoms with E-state index in [1.165, 1.54) is 23.5 Å². The molecule has 1 amide bonds. The zero-order chi connectivity index (χ0) is 16.9. The van der Waals surface area contributed by atoms with Crippen molar-refractivity contribution in [1.82, 2.24) is 4.31 Å². The predicted molar refractivity (Wildman–Crippen MR) is 87.5 cm³/mol. The van der Waals surface area contributed by atoms with Crippen LogP contribution in [-0.4, -0.2) is 51.5 Å². The monoisotopic (exact) mass is 341 g/mol. The summed E-state index contributed by atoms with van der Waals surface area (Å²) in [5, 5.41) is 2.62. The number of benzene rings is 1. The van der Waals surface area contributed by atoms with E-state index in [4.69, 9.17) is 10.5 Å². The molecule has 1 aromatic carbocycles. The minimum atomic E-state index is -3.52. The van der Waals surface area contributed by atoms with E-state index in [0.717, 1.165) is 19.3 Å². The summed E-state index contributed by atoms with van der Waals surface area (Å²) >= 11 is 0. The van der Waals surface area contributed by atoms with Crippen molar-refractivity contribution in [3.05, 3.63) is 24.3 Å². The number of carbonyl (C=O) groups excluding carboxylic acids is 1. The Morgan fingerprint density at radius 1 is 1.35 bits per heavy atom. The number of nitrogens with one attached hydrogen (secondary N) is 1. The Kier molecular flexibility index (Phi) is 6.11. The van der Waals surface area contributed by atoms with Gasteiger partial charge in [0.05, 0.1) is 11.5 Å². The number of hydrogen-bond acceptors (Lipinski definition) is 5. The number of carbonyl (C=O) groups is 1. The third kappa shape index (κ3) is 4.51. The molecule has 1 heterocycles. The van der Waals surface area contributed by atoms with Gasteiger partial charge in [0, 0.05) is 25.9 Å².